The van der Waals surface area contributed by atoms with Crippen molar-refractivity contribution in [1.29, 1.82) is 0 Å². The van der Waals surface area contributed by atoms with Crippen molar-refractivity contribution < 1.29 is 9.53 Å². The Balaban J connectivity index is 1.78. The Kier molecular flexibility index (Phi) is 4.32. The third-order valence-corrected chi connectivity index (χ3v) is 3.41. The summed E-state index contributed by atoms with van der Waals surface area (Å²) >= 11 is 0. The van der Waals surface area contributed by atoms with Crippen molar-refractivity contribution in [2.45, 2.75) is 57.7 Å². The van der Waals surface area contributed by atoms with Crippen LogP contribution in [-0.2, 0) is 11.3 Å². The molecule has 6 nitrogen and oxygen atoms in total. The van der Waals surface area contributed by atoms with Gasteiger partial charge in [-0.1, -0.05) is 0 Å². The van der Waals surface area contributed by atoms with Crippen molar-refractivity contribution in [2.75, 3.05) is 6.54 Å². The maximum absolute atomic E-state index is 11.9. The van der Waals surface area contributed by atoms with Crippen molar-refractivity contribution >= 4 is 6.09 Å². The molecule has 1 heterocycles. The van der Waals surface area contributed by atoms with Crippen LogP contribution < -0.4 is 10.6 Å². The number of hydrogen-bond donors (Lipinski definition) is 3. The van der Waals surface area contributed by atoms with E-state index in [-0.39, 0.29) is 11.6 Å². The molecule has 0 spiro atoms. The molecule has 1 aliphatic carbocycles. The van der Waals surface area contributed by atoms with Crippen LogP contribution in [0.3, 0.4) is 0 Å². The molecule has 1 amide bonds. The quantitative estimate of drug-likeness (QED) is 0.770. The van der Waals surface area contributed by atoms with Crippen LogP contribution in [0.2, 0.25) is 0 Å². The lowest BCUT2D eigenvalue weighted by atomic mass is 9.76. The number of nitrogens with zero attached hydrogens (tertiary/aromatic N) is 1. The van der Waals surface area contributed by atoms with Gasteiger partial charge in [-0.25, -0.2) is 4.79 Å². The van der Waals surface area contributed by atoms with E-state index in [4.69, 9.17) is 4.74 Å². The normalized spacial score (nSPS) is 17.4. The van der Waals surface area contributed by atoms with Crippen LogP contribution in [0.5, 0.6) is 0 Å². The summed E-state index contributed by atoms with van der Waals surface area (Å²) in [4.78, 5) is 11.9. The summed E-state index contributed by atoms with van der Waals surface area (Å²) in [7, 11) is 0. The molecule has 0 saturated heterocycles. The molecule has 1 saturated carbocycles. The average molecular weight is 280 g/mol. The van der Waals surface area contributed by atoms with Crippen LogP contribution in [0, 0.1) is 0 Å². The molecule has 1 aromatic heterocycles. The van der Waals surface area contributed by atoms with Gasteiger partial charge in [-0.2, -0.15) is 5.10 Å². The van der Waals surface area contributed by atoms with E-state index in [1.165, 1.54) is 0 Å². The van der Waals surface area contributed by atoms with Gasteiger partial charge in [-0.3, -0.25) is 5.10 Å². The molecule has 1 fully saturated rings. The molecule has 3 N–H and O–H groups in total. The molecule has 20 heavy (non-hydrogen) atoms. The topological polar surface area (TPSA) is 79.0 Å². The van der Waals surface area contributed by atoms with Crippen LogP contribution in [-0.4, -0.2) is 34.0 Å². The van der Waals surface area contributed by atoms with Crippen LogP contribution in [0.1, 0.15) is 45.7 Å². The van der Waals surface area contributed by atoms with E-state index >= 15 is 0 Å². The number of hydrogen-bond acceptors (Lipinski definition) is 4. The van der Waals surface area contributed by atoms with Crippen molar-refractivity contribution in [2.24, 2.45) is 0 Å². The number of aromatic amines is 1. The molecule has 6 heteroatoms. The maximum atomic E-state index is 11.9. The number of carbonyl (C=O) groups excluding carboxylic acids is 1. The average Bonchev–Trinajstić information content (AvgIpc) is 2.75. The number of ether oxygens (including phenoxy) is 1. The Bertz CT molecular complexity index is 433. The Hall–Kier alpha value is -1.56. The number of alkyl carbamates (subject to hydrolysis) is 1. The van der Waals surface area contributed by atoms with E-state index in [1.807, 2.05) is 26.8 Å². The summed E-state index contributed by atoms with van der Waals surface area (Å²) in [5, 5.41) is 13.2. The van der Waals surface area contributed by atoms with Crippen molar-refractivity contribution in [3.63, 3.8) is 0 Å². The Morgan fingerprint density at radius 2 is 2.25 bits per heavy atom. The Morgan fingerprint density at radius 3 is 2.75 bits per heavy atom. The lowest BCUT2D eigenvalue weighted by Crippen LogP contribution is -2.59. The highest BCUT2D eigenvalue weighted by Gasteiger charge is 2.39. The minimum atomic E-state index is -0.460. The first kappa shape index (κ1) is 14.8. The lowest BCUT2D eigenvalue weighted by molar-refractivity contribution is 0.0382. The Morgan fingerprint density at radius 1 is 1.50 bits per heavy atom. The molecular weight excluding hydrogens is 256 g/mol. The molecule has 2 rings (SSSR count). The second kappa shape index (κ2) is 5.83. The van der Waals surface area contributed by atoms with Gasteiger partial charge in [0.05, 0.1) is 5.54 Å². The summed E-state index contributed by atoms with van der Waals surface area (Å²) < 4.78 is 5.33. The molecule has 0 aromatic carbocycles. The summed E-state index contributed by atoms with van der Waals surface area (Å²) in [5.74, 6) is 0. The standard InChI is InChI=1S/C14H24N4O2/c1-13(2,3)20-12(19)17-14(6-4-7-14)10-15-9-11-5-8-16-18-11/h5,8,15H,4,6-7,9-10H2,1-3H3,(H,16,18)(H,17,19). The number of nitrogens with one attached hydrogen (secondary N) is 3. The third-order valence-electron chi connectivity index (χ3n) is 3.41. The van der Waals surface area contributed by atoms with Crippen LogP contribution >= 0.6 is 0 Å². The van der Waals surface area contributed by atoms with E-state index in [0.717, 1.165) is 38.0 Å². The number of H-pyrrole nitrogens is 1. The SMILES string of the molecule is CC(C)(C)OC(=O)NC1(CNCc2ccn[nH]2)CCC1. The van der Waals surface area contributed by atoms with Gasteiger partial charge in [0, 0.05) is 25.0 Å². The van der Waals surface area contributed by atoms with Crippen molar-refractivity contribution in [1.82, 2.24) is 20.8 Å². The summed E-state index contributed by atoms with van der Waals surface area (Å²) in [6.07, 6.45) is 4.52. The second-order valence-electron chi connectivity index (χ2n) is 6.45. The maximum Gasteiger partial charge on any atom is 0.408 e. The molecule has 0 atom stereocenters. The highest BCUT2D eigenvalue weighted by Crippen LogP contribution is 2.31. The van der Waals surface area contributed by atoms with Crippen molar-refractivity contribution in [3.8, 4) is 0 Å². The smallest absolute Gasteiger partial charge is 0.408 e. The zero-order chi connectivity index (χ0) is 14.6. The van der Waals surface area contributed by atoms with Gasteiger partial charge in [0.15, 0.2) is 0 Å². The van der Waals surface area contributed by atoms with Gasteiger partial charge in [-0.05, 0) is 46.1 Å². The summed E-state index contributed by atoms with van der Waals surface area (Å²) in [6, 6.07) is 1.93. The van der Waals surface area contributed by atoms with E-state index in [9.17, 15) is 4.79 Å². The van der Waals surface area contributed by atoms with E-state index < -0.39 is 5.60 Å². The minimum absolute atomic E-state index is 0.164. The summed E-state index contributed by atoms with van der Waals surface area (Å²) in [6.45, 7) is 7.08. The van der Waals surface area contributed by atoms with Crippen LogP contribution in [0.25, 0.3) is 0 Å². The highest BCUT2D eigenvalue weighted by atomic mass is 16.6. The lowest BCUT2D eigenvalue weighted by Gasteiger charge is -2.42. The fourth-order valence-corrected chi connectivity index (χ4v) is 2.29. The molecule has 0 unspecified atom stereocenters. The predicted octanol–water partition coefficient (Wildman–Crippen LogP) is 1.95. The first-order valence-corrected chi connectivity index (χ1v) is 7.09. The molecule has 0 radical (unpaired) electrons. The monoisotopic (exact) mass is 280 g/mol. The molecule has 0 aliphatic heterocycles. The number of carbonyl (C=O) groups is 1. The van der Waals surface area contributed by atoms with Gasteiger partial charge in [0.2, 0.25) is 0 Å². The predicted molar refractivity (Wildman–Crippen MR) is 76.2 cm³/mol. The first-order valence-electron chi connectivity index (χ1n) is 7.09. The molecule has 1 aromatic rings. The second-order valence-corrected chi connectivity index (χ2v) is 6.45. The molecule has 112 valence electrons. The zero-order valence-corrected chi connectivity index (χ0v) is 12.5. The van der Waals surface area contributed by atoms with Gasteiger partial charge in [0.1, 0.15) is 5.60 Å². The largest absolute Gasteiger partial charge is 0.444 e. The van der Waals surface area contributed by atoms with Crippen molar-refractivity contribution in [3.05, 3.63) is 18.0 Å². The minimum Gasteiger partial charge on any atom is -0.444 e. The third kappa shape index (κ3) is 4.23. The molecule has 0 bridgehead atoms. The number of amides is 1. The zero-order valence-electron chi connectivity index (χ0n) is 12.5. The van der Waals surface area contributed by atoms with Gasteiger partial charge in [-0.15, -0.1) is 0 Å². The van der Waals surface area contributed by atoms with E-state index in [1.54, 1.807) is 6.20 Å². The van der Waals surface area contributed by atoms with Crippen LogP contribution in [0.15, 0.2) is 12.3 Å². The highest BCUT2D eigenvalue weighted by molar-refractivity contribution is 5.69. The van der Waals surface area contributed by atoms with Crippen LogP contribution in [0.4, 0.5) is 4.79 Å². The summed E-state index contributed by atoms with van der Waals surface area (Å²) in [5.41, 5.74) is 0.414. The van der Waals surface area contributed by atoms with Gasteiger partial charge < -0.3 is 15.4 Å². The van der Waals surface area contributed by atoms with Gasteiger partial charge >= 0.3 is 6.09 Å². The van der Waals surface area contributed by atoms with E-state index in [2.05, 4.69) is 20.8 Å². The fourth-order valence-electron chi connectivity index (χ4n) is 2.29. The molecular formula is C14H24N4O2. The number of aromatic nitrogens is 2. The van der Waals surface area contributed by atoms with Gasteiger partial charge in [0.25, 0.3) is 0 Å². The first-order chi connectivity index (χ1) is 9.39. The Labute approximate surface area is 119 Å². The van der Waals surface area contributed by atoms with E-state index in [0.29, 0.717) is 0 Å². The molecule has 1 aliphatic rings. The fraction of sp³-hybridized carbons (Fsp3) is 0.714. The number of rotatable bonds is 5.